The number of fused-ring (bicyclic) bond motifs is 3. The molecule has 170 valence electrons. The van der Waals surface area contributed by atoms with Crippen molar-refractivity contribution < 1.29 is 24.2 Å². The molecule has 1 saturated carbocycles. The number of anilines is 1. The van der Waals surface area contributed by atoms with Gasteiger partial charge in [0.05, 0.1) is 19.1 Å². The molecule has 4 N–H and O–H groups in total. The van der Waals surface area contributed by atoms with Crippen LogP contribution in [0.15, 0.2) is 18.2 Å². The van der Waals surface area contributed by atoms with Crippen LogP contribution in [-0.2, 0) is 9.53 Å². The molecule has 0 unspecified atom stereocenters. The van der Waals surface area contributed by atoms with Gasteiger partial charge in [0.15, 0.2) is 0 Å². The van der Waals surface area contributed by atoms with Gasteiger partial charge in [-0.2, -0.15) is 0 Å². The molecule has 31 heavy (non-hydrogen) atoms. The standard InChI is InChI=1S/C23H33N3O5/c1-2-9-24-21(28)12-16-11-18-17-10-15(26-23(29)25-14-5-3-4-6-14)7-8-19(17)31-22(18)20(13-27)30-16/h7-8,10,14,16,18,20,22,27H,2-6,9,11-13H2,1H3,(H,24,28)(H2,25,26,29)/t16-,18-,20-,22+/m0/s1. The van der Waals surface area contributed by atoms with Crippen molar-refractivity contribution >= 4 is 17.6 Å². The lowest BCUT2D eigenvalue weighted by Crippen LogP contribution is -2.47. The quantitative estimate of drug-likeness (QED) is 0.531. The molecule has 0 bridgehead atoms. The van der Waals surface area contributed by atoms with Gasteiger partial charge >= 0.3 is 6.03 Å². The first-order valence-corrected chi connectivity index (χ1v) is 11.5. The maximum atomic E-state index is 12.4. The summed E-state index contributed by atoms with van der Waals surface area (Å²) in [5.74, 6) is 0.708. The molecule has 2 fully saturated rings. The molecule has 8 nitrogen and oxygen atoms in total. The number of urea groups is 1. The van der Waals surface area contributed by atoms with E-state index >= 15 is 0 Å². The number of aliphatic hydroxyl groups is 1. The lowest BCUT2D eigenvalue weighted by molar-refractivity contribution is -0.142. The monoisotopic (exact) mass is 431 g/mol. The van der Waals surface area contributed by atoms with Crippen molar-refractivity contribution in [1.29, 1.82) is 0 Å². The molecule has 3 amide bonds. The summed E-state index contributed by atoms with van der Waals surface area (Å²) in [6.45, 7) is 2.48. The van der Waals surface area contributed by atoms with Gasteiger partial charge in [0.1, 0.15) is 18.0 Å². The Balaban J connectivity index is 1.43. The first-order valence-electron chi connectivity index (χ1n) is 11.5. The second kappa shape index (κ2) is 9.87. The lowest BCUT2D eigenvalue weighted by Gasteiger charge is -2.37. The smallest absolute Gasteiger partial charge is 0.319 e. The minimum Gasteiger partial charge on any atom is -0.487 e. The van der Waals surface area contributed by atoms with Crippen LogP contribution in [0.3, 0.4) is 0 Å². The van der Waals surface area contributed by atoms with Gasteiger partial charge in [0, 0.05) is 29.8 Å². The van der Waals surface area contributed by atoms with Crippen LogP contribution < -0.4 is 20.7 Å². The van der Waals surface area contributed by atoms with Crippen molar-refractivity contribution in [2.24, 2.45) is 0 Å². The molecule has 0 radical (unpaired) electrons. The van der Waals surface area contributed by atoms with Crippen molar-refractivity contribution in [3.63, 3.8) is 0 Å². The molecule has 1 aliphatic carbocycles. The summed E-state index contributed by atoms with van der Waals surface area (Å²) in [5.41, 5.74) is 1.70. The van der Waals surface area contributed by atoms with Crippen molar-refractivity contribution in [3.05, 3.63) is 23.8 Å². The third kappa shape index (κ3) is 5.13. The number of rotatable bonds is 7. The first-order chi connectivity index (χ1) is 15.1. The fourth-order valence-electron chi connectivity index (χ4n) is 4.93. The van der Waals surface area contributed by atoms with Crippen molar-refractivity contribution in [2.45, 2.75) is 82.1 Å². The highest BCUT2D eigenvalue weighted by molar-refractivity contribution is 5.89. The predicted octanol–water partition coefficient (Wildman–Crippen LogP) is 2.66. The van der Waals surface area contributed by atoms with Gasteiger partial charge in [-0.25, -0.2) is 4.79 Å². The lowest BCUT2D eigenvalue weighted by atomic mass is 9.84. The Morgan fingerprint density at radius 1 is 1.23 bits per heavy atom. The van der Waals surface area contributed by atoms with Crippen LogP contribution in [0.5, 0.6) is 5.75 Å². The third-order valence-electron chi connectivity index (χ3n) is 6.43. The summed E-state index contributed by atoms with van der Waals surface area (Å²) in [5, 5.41) is 18.7. The molecule has 1 aromatic rings. The first kappa shape index (κ1) is 21.9. The van der Waals surface area contributed by atoms with Crippen molar-refractivity contribution in [3.8, 4) is 5.75 Å². The van der Waals surface area contributed by atoms with E-state index in [-0.39, 0.29) is 49.1 Å². The zero-order valence-corrected chi connectivity index (χ0v) is 18.1. The second-order valence-electron chi connectivity index (χ2n) is 8.79. The average Bonchev–Trinajstić information content (AvgIpc) is 3.39. The maximum absolute atomic E-state index is 12.4. The van der Waals surface area contributed by atoms with Crippen LogP contribution >= 0.6 is 0 Å². The van der Waals surface area contributed by atoms with Crippen LogP contribution in [0.25, 0.3) is 0 Å². The Hall–Kier alpha value is -2.32. The number of benzene rings is 1. The number of hydrogen-bond acceptors (Lipinski definition) is 5. The van der Waals surface area contributed by atoms with Crippen LogP contribution in [-0.4, -0.2) is 54.6 Å². The molecular weight excluding hydrogens is 398 g/mol. The highest BCUT2D eigenvalue weighted by Gasteiger charge is 2.46. The fourth-order valence-corrected chi connectivity index (χ4v) is 4.93. The van der Waals surface area contributed by atoms with E-state index < -0.39 is 6.10 Å². The molecule has 2 heterocycles. The normalized spacial score (nSPS) is 27.2. The topological polar surface area (TPSA) is 109 Å². The molecule has 3 aliphatic rings. The fraction of sp³-hybridized carbons (Fsp3) is 0.652. The van der Waals surface area contributed by atoms with E-state index in [1.807, 2.05) is 25.1 Å². The van der Waals surface area contributed by atoms with Crippen molar-refractivity contribution in [1.82, 2.24) is 10.6 Å². The third-order valence-corrected chi connectivity index (χ3v) is 6.43. The molecule has 0 aromatic heterocycles. The maximum Gasteiger partial charge on any atom is 0.319 e. The van der Waals surface area contributed by atoms with Crippen molar-refractivity contribution in [2.75, 3.05) is 18.5 Å². The summed E-state index contributed by atoms with van der Waals surface area (Å²) in [6.07, 6.45) is 5.10. The zero-order valence-electron chi connectivity index (χ0n) is 18.1. The SMILES string of the molecule is CCCNC(=O)C[C@@H]1C[C@H]2c3cc(NC(=O)NC4CCCC4)ccc3O[C@H]2[C@H](CO)O1. The number of ether oxygens (including phenoxy) is 2. The molecule has 2 aliphatic heterocycles. The predicted molar refractivity (Wildman–Crippen MR) is 116 cm³/mol. The van der Waals surface area contributed by atoms with E-state index in [1.54, 1.807) is 0 Å². The van der Waals surface area contributed by atoms with Gasteiger partial charge in [-0.1, -0.05) is 19.8 Å². The van der Waals surface area contributed by atoms with Gasteiger partial charge in [-0.15, -0.1) is 0 Å². The number of nitrogens with one attached hydrogen (secondary N) is 3. The van der Waals surface area contributed by atoms with Gasteiger partial charge in [-0.3, -0.25) is 4.79 Å². The number of hydrogen-bond donors (Lipinski definition) is 4. The van der Waals surface area contributed by atoms with Crippen LogP contribution in [0.4, 0.5) is 10.5 Å². The molecule has 0 spiro atoms. The number of aliphatic hydroxyl groups excluding tert-OH is 1. The minimum atomic E-state index is -0.489. The highest BCUT2D eigenvalue weighted by atomic mass is 16.6. The van der Waals surface area contributed by atoms with Crippen LogP contribution in [0, 0.1) is 0 Å². The minimum absolute atomic E-state index is 0.00418. The Morgan fingerprint density at radius 2 is 2.03 bits per heavy atom. The molecular formula is C23H33N3O5. The number of carbonyl (C=O) groups excluding carboxylic acids is 2. The molecule has 4 atom stereocenters. The number of carbonyl (C=O) groups is 2. The molecule has 8 heteroatoms. The van der Waals surface area contributed by atoms with Gasteiger partial charge in [0.2, 0.25) is 5.91 Å². The van der Waals surface area contributed by atoms with E-state index in [0.717, 1.165) is 43.4 Å². The van der Waals surface area contributed by atoms with Crippen LogP contribution in [0.1, 0.15) is 63.4 Å². The summed E-state index contributed by atoms with van der Waals surface area (Å²) >= 11 is 0. The molecule has 4 rings (SSSR count). The van der Waals surface area contributed by atoms with Crippen LogP contribution in [0.2, 0.25) is 0 Å². The summed E-state index contributed by atoms with van der Waals surface area (Å²) in [4.78, 5) is 24.5. The Bertz CT molecular complexity index is 795. The second-order valence-corrected chi connectivity index (χ2v) is 8.79. The average molecular weight is 432 g/mol. The van der Waals surface area contributed by atoms with Gasteiger partial charge in [-0.05, 0) is 43.9 Å². The summed E-state index contributed by atoms with van der Waals surface area (Å²) in [7, 11) is 0. The number of amides is 3. The largest absolute Gasteiger partial charge is 0.487 e. The molecule has 1 saturated heterocycles. The van der Waals surface area contributed by atoms with E-state index in [4.69, 9.17) is 9.47 Å². The Morgan fingerprint density at radius 3 is 2.77 bits per heavy atom. The summed E-state index contributed by atoms with van der Waals surface area (Å²) in [6, 6.07) is 5.70. The Labute approximate surface area is 183 Å². The summed E-state index contributed by atoms with van der Waals surface area (Å²) < 4.78 is 12.1. The Kier molecular flexibility index (Phi) is 6.97. The van der Waals surface area contributed by atoms with Gasteiger partial charge < -0.3 is 30.5 Å². The highest BCUT2D eigenvalue weighted by Crippen LogP contribution is 2.47. The van der Waals surface area contributed by atoms with E-state index in [2.05, 4.69) is 16.0 Å². The van der Waals surface area contributed by atoms with E-state index in [9.17, 15) is 14.7 Å². The van der Waals surface area contributed by atoms with Gasteiger partial charge in [0.25, 0.3) is 0 Å². The van der Waals surface area contributed by atoms with E-state index in [0.29, 0.717) is 18.7 Å². The zero-order chi connectivity index (χ0) is 21.8. The molecule has 1 aromatic carbocycles. The van der Waals surface area contributed by atoms with E-state index in [1.165, 1.54) is 0 Å².